The van der Waals surface area contributed by atoms with Crippen LogP contribution >= 0.6 is 15.9 Å². The number of benzene rings is 1. The van der Waals surface area contributed by atoms with Gasteiger partial charge in [-0.3, -0.25) is 4.79 Å². The Kier molecular flexibility index (Phi) is 4.53. The standard InChI is InChI=1S/C17H22BrNO2/c1-11(16-8-12-5-6-13(16)7-12)19-17(20)10-21-15-4-2-3-14(18)9-15/h2-4,9,11-13,16H,5-8,10H2,1H3,(H,19,20)/t11-,12+,13-,16+/m0/s1. The summed E-state index contributed by atoms with van der Waals surface area (Å²) in [5, 5.41) is 3.12. The van der Waals surface area contributed by atoms with Crippen molar-refractivity contribution in [2.24, 2.45) is 17.8 Å². The van der Waals surface area contributed by atoms with E-state index in [-0.39, 0.29) is 18.6 Å². The number of rotatable bonds is 5. The van der Waals surface area contributed by atoms with E-state index in [1.165, 1.54) is 25.7 Å². The molecule has 2 aliphatic rings. The molecule has 0 unspecified atom stereocenters. The lowest BCUT2D eigenvalue weighted by atomic mass is 9.84. The predicted molar refractivity (Wildman–Crippen MR) is 86.2 cm³/mol. The smallest absolute Gasteiger partial charge is 0.258 e. The van der Waals surface area contributed by atoms with Crippen molar-refractivity contribution < 1.29 is 9.53 Å². The van der Waals surface area contributed by atoms with Crippen molar-refractivity contribution in [1.82, 2.24) is 5.32 Å². The van der Waals surface area contributed by atoms with Crippen LogP contribution in [0.1, 0.15) is 32.6 Å². The summed E-state index contributed by atoms with van der Waals surface area (Å²) in [7, 11) is 0. The zero-order chi connectivity index (χ0) is 14.8. The van der Waals surface area contributed by atoms with E-state index in [0.29, 0.717) is 11.7 Å². The van der Waals surface area contributed by atoms with Gasteiger partial charge >= 0.3 is 0 Å². The lowest BCUT2D eigenvalue weighted by Crippen LogP contribution is -2.42. The highest BCUT2D eigenvalue weighted by Crippen LogP contribution is 2.49. The minimum Gasteiger partial charge on any atom is -0.484 e. The van der Waals surface area contributed by atoms with E-state index in [1.54, 1.807) is 0 Å². The van der Waals surface area contributed by atoms with Gasteiger partial charge in [-0.05, 0) is 62.1 Å². The lowest BCUT2D eigenvalue weighted by molar-refractivity contribution is -0.124. The number of hydrogen-bond acceptors (Lipinski definition) is 2. The maximum absolute atomic E-state index is 12.0. The van der Waals surface area contributed by atoms with Crippen molar-refractivity contribution in [3.63, 3.8) is 0 Å². The van der Waals surface area contributed by atoms with Gasteiger partial charge in [0, 0.05) is 10.5 Å². The van der Waals surface area contributed by atoms with Gasteiger partial charge in [-0.2, -0.15) is 0 Å². The molecule has 0 heterocycles. The second kappa shape index (κ2) is 6.39. The molecule has 2 saturated carbocycles. The third-order valence-corrected chi connectivity index (χ3v) is 5.48. The minimum absolute atomic E-state index is 0.0229. The zero-order valence-corrected chi connectivity index (χ0v) is 13.9. The molecule has 0 aromatic heterocycles. The van der Waals surface area contributed by atoms with Gasteiger partial charge in [0.15, 0.2) is 6.61 Å². The van der Waals surface area contributed by atoms with Gasteiger partial charge in [0.05, 0.1) is 0 Å². The molecule has 0 aliphatic heterocycles. The Labute approximate surface area is 134 Å². The first-order valence-corrected chi connectivity index (χ1v) is 8.59. The maximum atomic E-state index is 12.0. The van der Waals surface area contributed by atoms with Crippen molar-refractivity contribution in [1.29, 1.82) is 0 Å². The van der Waals surface area contributed by atoms with Crippen LogP contribution in [0.3, 0.4) is 0 Å². The fraction of sp³-hybridized carbons (Fsp3) is 0.588. The van der Waals surface area contributed by atoms with Crippen LogP contribution in [0.25, 0.3) is 0 Å². The second-order valence-corrected chi connectivity index (χ2v) is 7.36. The number of nitrogens with one attached hydrogen (secondary N) is 1. The average molecular weight is 352 g/mol. The van der Waals surface area contributed by atoms with Gasteiger partial charge in [0.2, 0.25) is 0 Å². The monoisotopic (exact) mass is 351 g/mol. The topological polar surface area (TPSA) is 38.3 Å². The first kappa shape index (κ1) is 14.9. The normalized spacial score (nSPS) is 28.4. The summed E-state index contributed by atoms with van der Waals surface area (Å²) in [5.74, 6) is 3.10. The molecule has 1 aromatic carbocycles. The molecule has 1 amide bonds. The Hall–Kier alpha value is -1.03. The van der Waals surface area contributed by atoms with Crippen molar-refractivity contribution in [2.75, 3.05) is 6.61 Å². The average Bonchev–Trinajstić information content (AvgIpc) is 3.08. The van der Waals surface area contributed by atoms with Crippen LogP contribution in [-0.4, -0.2) is 18.6 Å². The van der Waals surface area contributed by atoms with Crippen LogP contribution in [0.2, 0.25) is 0 Å². The maximum Gasteiger partial charge on any atom is 0.258 e. The Morgan fingerprint density at radius 1 is 1.43 bits per heavy atom. The van der Waals surface area contributed by atoms with Crippen LogP contribution in [0.4, 0.5) is 0 Å². The molecule has 114 valence electrons. The third kappa shape index (κ3) is 3.60. The van der Waals surface area contributed by atoms with E-state index in [4.69, 9.17) is 4.74 Å². The summed E-state index contributed by atoms with van der Waals surface area (Å²) >= 11 is 3.39. The molecule has 2 bridgehead atoms. The van der Waals surface area contributed by atoms with Crippen LogP contribution in [-0.2, 0) is 4.79 Å². The first-order valence-electron chi connectivity index (χ1n) is 7.79. The molecule has 21 heavy (non-hydrogen) atoms. The molecule has 0 spiro atoms. The molecule has 4 heteroatoms. The summed E-state index contributed by atoms with van der Waals surface area (Å²) in [6, 6.07) is 7.82. The van der Waals surface area contributed by atoms with Crippen LogP contribution in [0.15, 0.2) is 28.7 Å². The quantitative estimate of drug-likeness (QED) is 0.876. The van der Waals surface area contributed by atoms with Crippen molar-refractivity contribution in [2.45, 2.75) is 38.6 Å². The van der Waals surface area contributed by atoms with Gasteiger partial charge in [0.25, 0.3) is 5.91 Å². The number of carbonyl (C=O) groups is 1. The van der Waals surface area contributed by atoms with E-state index in [0.717, 1.165) is 16.3 Å². The summed E-state index contributed by atoms with van der Waals surface area (Å²) in [6.45, 7) is 2.23. The van der Waals surface area contributed by atoms with Crippen LogP contribution < -0.4 is 10.1 Å². The van der Waals surface area contributed by atoms with Crippen LogP contribution in [0, 0.1) is 17.8 Å². The number of amides is 1. The molecule has 0 saturated heterocycles. The molecule has 1 N–H and O–H groups in total. The highest BCUT2D eigenvalue weighted by atomic mass is 79.9. The molecular formula is C17H22BrNO2. The number of carbonyl (C=O) groups excluding carboxylic acids is 1. The molecular weight excluding hydrogens is 330 g/mol. The Balaban J connectivity index is 1.46. The van der Waals surface area contributed by atoms with E-state index in [9.17, 15) is 4.79 Å². The molecule has 3 nitrogen and oxygen atoms in total. The van der Waals surface area contributed by atoms with Crippen molar-refractivity contribution >= 4 is 21.8 Å². The summed E-state index contributed by atoms with van der Waals surface area (Å²) in [6.07, 6.45) is 5.41. The summed E-state index contributed by atoms with van der Waals surface area (Å²) < 4.78 is 6.49. The third-order valence-electron chi connectivity index (χ3n) is 4.99. The van der Waals surface area contributed by atoms with Gasteiger partial charge in [-0.1, -0.05) is 28.4 Å². The van der Waals surface area contributed by atoms with Crippen LogP contribution in [0.5, 0.6) is 5.75 Å². The number of fused-ring (bicyclic) bond motifs is 2. The Morgan fingerprint density at radius 2 is 2.29 bits per heavy atom. The lowest BCUT2D eigenvalue weighted by Gasteiger charge is -2.28. The number of halogens is 1. The molecule has 3 rings (SSSR count). The molecule has 2 fully saturated rings. The van der Waals surface area contributed by atoms with Gasteiger partial charge in [-0.15, -0.1) is 0 Å². The summed E-state index contributed by atoms with van der Waals surface area (Å²) in [5.41, 5.74) is 0. The SMILES string of the molecule is C[C@H](NC(=O)COc1cccc(Br)c1)[C@H]1C[C@@H]2CC[C@H]1C2. The number of hydrogen-bond donors (Lipinski definition) is 1. The Bertz CT molecular complexity index is 519. The highest BCUT2D eigenvalue weighted by Gasteiger charge is 2.42. The largest absolute Gasteiger partial charge is 0.484 e. The molecule has 4 atom stereocenters. The highest BCUT2D eigenvalue weighted by molar-refractivity contribution is 9.10. The number of ether oxygens (including phenoxy) is 1. The zero-order valence-electron chi connectivity index (χ0n) is 12.3. The fourth-order valence-corrected chi connectivity index (χ4v) is 4.39. The Morgan fingerprint density at radius 3 is 2.95 bits per heavy atom. The van der Waals surface area contributed by atoms with Crippen molar-refractivity contribution in [3.05, 3.63) is 28.7 Å². The molecule has 0 radical (unpaired) electrons. The summed E-state index contributed by atoms with van der Waals surface area (Å²) in [4.78, 5) is 12.0. The van der Waals surface area contributed by atoms with E-state index in [1.807, 2.05) is 24.3 Å². The van der Waals surface area contributed by atoms with Gasteiger partial charge in [0.1, 0.15) is 5.75 Å². The van der Waals surface area contributed by atoms with Gasteiger partial charge in [-0.25, -0.2) is 0 Å². The predicted octanol–water partition coefficient (Wildman–Crippen LogP) is 3.77. The van der Waals surface area contributed by atoms with E-state index < -0.39 is 0 Å². The molecule has 2 aliphatic carbocycles. The van der Waals surface area contributed by atoms with E-state index >= 15 is 0 Å². The second-order valence-electron chi connectivity index (χ2n) is 6.44. The van der Waals surface area contributed by atoms with Crippen molar-refractivity contribution in [3.8, 4) is 5.75 Å². The first-order chi connectivity index (χ1) is 10.1. The van der Waals surface area contributed by atoms with E-state index in [2.05, 4.69) is 28.2 Å². The van der Waals surface area contributed by atoms with Gasteiger partial charge < -0.3 is 10.1 Å². The fourth-order valence-electron chi connectivity index (χ4n) is 4.01. The minimum atomic E-state index is -0.0229. The molecule has 1 aromatic rings.